The fraction of sp³-hybridized carbons (Fsp3) is 0.381. The number of benzene rings is 1. The Hall–Kier alpha value is -2.87. The van der Waals surface area contributed by atoms with E-state index < -0.39 is 23.9 Å². The van der Waals surface area contributed by atoms with Crippen molar-refractivity contribution >= 4 is 34.1 Å². The SMILES string of the molecule is Cc1cccc(OCCC(=O)O[C@@H](C)C(=O)Nc2sc3c(c2C(N)=O)CCC3)c1. The summed E-state index contributed by atoms with van der Waals surface area (Å²) >= 11 is 1.36. The molecule has 0 radical (unpaired) electrons. The molecular weight excluding hydrogens is 392 g/mol. The number of carbonyl (C=O) groups excluding carboxylic acids is 3. The Morgan fingerprint density at radius 3 is 2.79 bits per heavy atom. The summed E-state index contributed by atoms with van der Waals surface area (Å²) in [4.78, 5) is 37.3. The second-order valence-electron chi connectivity index (χ2n) is 6.96. The highest BCUT2D eigenvalue weighted by Gasteiger charge is 2.27. The van der Waals surface area contributed by atoms with Gasteiger partial charge in [0.25, 0.3) is 11.8 Å². The van der Waals surface area contributed by atoms with Crippen LogP contribution in [-0.2, 0) is 27.2 Å². The number of anilines is 1. The zero-order valence-corrected chi connectivity index (χ0v) is 17.3. The molecule has 2 aromatic rings. The van der Waals surface area contributed by atoms with E-state index in [4.69, 9.17) is 15.2 Å². The number of amides is 2. The van der Waals surface area contributed by atoms with Crippen molar-refractivity contribution in [3.8, 4) is 5.75 Å². The lowest BCUT2D eigenvalue weighted by atomic mass is 10.1. The smallest absolute Gasteiger partial charge is 0.310 e. The first-order valence-corrected chi connectivity index (χ1v) is 10.3. The fourth-order valence-electron chi connectivity index (χ4n) is 3.23. The highest BCUT2D eigenvalue weighted by Crippen LogP contribution is 2.38. The molecule has 0 unspecified atom stereocenters. The summed E-state index contributed by atoms with van der Waals surface area (Å²) in [6, 6.07) is 7.50. The van der Waals surface area contributed by atoms with Crippen molar-refractivity contribution in [3.63, 3.8) is 0 Å². The van der Waals surface area contributed by atoms with Crippen molar-refractivity contribution in [2.75, 3.05) is 11.9 Å². The summed E-state index contributed by atoms with van der Waals surface area (Å²) in [6.45, 7) is 3.59. The van der Waals surface area contributed by atoms with Crippen molar-refractivity contribution in [3.05, 3.63) is 45.8 Å². The number of aryl methyl sites for hydroxylation is 2. The van der Waals surface area contributed by atoms with Gasteiger partial charge in [0.2, 0.25) is 0 Å². The molecule has 3 rings (SSSR count). The second-order valence-corrected chi connectivity index (χ2v) is 8.07. The summed E-state index contributed by atoms with van der Waals surface area (Å²) in [7, 11) is 0. The third-order valence-electron chi connectivity index (χ3n) is 4.65. The van der Waals surface area contributed by atoms with E-state index in [1.165, 1.54) is 18.3 Å². The van der Waals surface area contributed by atoms with Crippen molar-refractivity contribution in [2.24, 2.45) is 5.73 Å². The number of primary amides is 1. The molecule has 1 aromatic carbocycles. The lowest BCUT2D eigenvalue weighted by Crippen LogP contribution is -2.31. The number of ether oxygens (including phenoxy) is 2. The minimum atomic E-state index is -1.00. The van der Waals surface area contributed by atoms with Gasteiger partial charge in [-0.15, -0.1) is 11.3 Å². The predicted octanol–water partition coefficient (Wildman–Crippen LogP) is 2.98. The molecule has 0 spiro atoms. The number of nitrogens with two attached hydrogens (primary N) is 1. The van der Waals surface area contributed by atoms with Crippen LogP contribution in [-0.4, -0.2) is 30.5 Å². The molecule has 8 heteroatoms. The van der Waals surface area contributed by atoms with E-state index in [9.17, 15) is 14.4 Å². The lowest BCUT2D eigenvalue weighted by Gasteiger charge is -2.14. The number of hydrogen-bond acceptors (Lipinski definition) is 6. The van der Waals surface area contributed by atoms with Crippen molar-refractivity contribution < 1.29 is 23.9 Å². The van der Waals surface area contributed by atoms with E-state index in [0.717, 1.165) is 35.3 Å². The third-order valence-corrected chi connectivity index (χ3v) is 5.85. The van der Waals surface area contributed by atoms with Gasteiger partial charge in [0, 0.05) is 4.88 Å². The van der Waals surface area contributed by atoms with Gasteiger partial charge in [0.1, 0.15) is 10.8 Å². The van der Waals surface area contributed by atoms with E-state index in [1.54, 1.807) is 0 Å². The fourth-order valence-corrected chi connectivity index (χ4v) is 4.53. The molecule has 0 aliphatic heterocycles. The van der Waals surface area contributed by atoms with E-state index in [1.807, 2.05) is 31.2 Å². The maximum atomic E-state index is 12.4. The van der Waals surface area contributed by atoms with Crippen LogP contribution < -0.4 is 15.8 Å². The average molecular weight is 416 g/mol. The Balaban J connectivity index is 1.50. The van der Waals surface area contributed by atoms with Gasteiger partial charge in [0.15, 0.2) is 6.10 Å². The normalized spacial score (nSPS) is 13.4. The maximum Gasteiger partial charge on any atom is 0.310 e. The Labute approximate surface area is 173 Å². The Bertz CT molecular complexity index is 937. The Morgan fingerprint density at radius 2 is 2.07 bits per heavy atom. The molecular formula is C21H24N2O5S. The van der Waals surface area contributed by atoms with E-state index >= 15 is 0 Å². The summed E-state index contributed by atoms with van der Waals surface area (Å²) in [5.74, 6) is -0.921. The zero-order valence-electron chi connectivity index (χ0n) is 16.4. The largest absolute Gasteiger partial charge is 0.493 e. The number of nitrogens with one attached hydrogen (secondary N) is 1. The lowest BCUT2D eigenvalue weighted by molar-refractivity contribution is -0.153. The Kier molecular flexibility index (Phi) is 6.53. The van der Waals surface area contributed by atoms with Crippen LogP contribution in [0, 0.1) is 6.92 Å². The van der Waals surface area contributed by atoms with E-state index in [-0.39, 0.29) is 13.0 Å². The monoisotopic (exact) mass is 416 g/mol. The first-order chi connectivity index (χ1) is 13.8. The standard InChI is InChI=1S/C21H24N2O5S/c1-12-5-3-6-14(11-12)27-10-9-17(24)28-13(2)20(26)23-21-18(19(22)25)15-7-4-8-16(15)29-21/h3,5-6,11,13H,4,7-10H2,1-2H3,(H2,22,25)(H,23,26)/t13-/m0/s1. The first-order valence-electron chi connectivity index (χ1n) is 9.49. The minimum absolute atomic E-state index is 0.0192. The number of fused-ring (bicyclic) bond motifs is 1. The number of carbonyl (C=O) groups is 3. The summed E-state index contributed by atoms with van der Waals surface area (Å²) < 4.78 is 10.7. The minimum Gasteiger partial charge on any atom is -0.493 e. The first kappa shape index (κ1) is 20.9. The predicted molar refractivity (Wildman–Crippen MR) is 110 cm³/mol. The molecule has 2 amide bonds. The quantitative estimate of drug-likeness (QED) is 0.643. The molecule has 1 aromatic heterocycles. The van der Waals surface area contributed by atoms with Gasteiger partial charge in [-0.1, -0.05) is 12.1 Å². The number of thiophene rings is 1. The molecule has 0 fully saturated rings. The van der Waals surface area contributed by atoms with Crippen LogP contribution in [0.2, 0.25) is 0 Å². The van der Waals surface area contributed by atoms with Gasteiger partial charge in [0.05, 0.1) is 18.6 Å². The van der Waals surface area contributed by atoms with Crippen LogP contribution >= 0.6 is 11.3 Å². The molecule has 1 aliphatic carbocycles. The van der Waals surface area contributed by atoms with Gasteiger partial charge >= 0.3 is 5.97 Å². The summed E-state index contributed by atoms with van der Waals surface area (Å²) in [6.07, 6.45) is 1.66. The highest BCUT2D eigenvalue weighted by molar-refractivity contribution is 7.17. The van der Waals surface area contributed by atoms with Crippen molar-refractivity contribution in [2.45, 2.75) is 45.6 Å². The number of esters is 1. The van der Waals surface area contributed by atoms with Crippen LogP contribution in [0.25, 0.3) is 0 Å². The van der Waals surface area contributed by atoms with Crippen molar-refractivity contribution in [1.82, 2.24) is 0 Å². The molecule has 1 atom stereocenters. The molecule has 3 N–H and O–H groups in total. The van der Waals surface area contributed by atoms with Gasteiger partial charge in [-0.3, -0.25) is 14.4 Å². The van der Waals surface area contributed by atoms with E-state index in [0.29, 0.717) is 16.3 Å². The van der Waals surface area contributed by atoms with Gasteiger partial charge in [-0.2, -0.15) is 0 Å². The van der Waals surface area contributed by atoms with Crippen molar-refractivity contribution in [1.29, 1.82) is 0 Å². The zero-order chi connectivity index (χ0) is 21.0. The second kappa shape index (κ2) is 9.09. The topological polar surface area (TPSA) is 108 Å². The van der Waals surface area contributed by atoms with Crippen LogP contribution in [0.5, 0.6) is 5.75 Å². The maximum absolute atomic E-state index is 12.4. The summed E-state index contributed by atoms with van der Waals surface area (Å²) in [5, 5.41) is 3.11. The molecule has 0 saturated carbocycles. The molecule has 154 valence electrons. The molecule has 29 heavy (non-hydrogen) atoms. The van der Waals surface area contributed by atoms with Crippen LogP contribution in [0.15, 0.2) is 24.3 Å². The van der Waals surface area contributed by atoms with Crippen LogP contribution in [0.3, 0.4) is 0 Å². The van der Waals surface area contributed by atoms with Gasteiger partial charge in [-0.25, -0.2) is 0 Å². The van der Waals surface area contributed by atoms with E-state index in [2.05, 4.69) is 5.32 Å². The van der Waals surface area contributed by atoms with Gasteiger partial charge in [-0.05, 0) is 56.4 Å². The number of hydrogen-bond donors (Lipinski definition) is 2. The molecule has 1 heterocycles. The number of rotatable bonds is 8. The molecule has 0 saturated heterocycles. The average Bonchev–Trinajstić information content (AvgIpc) is 3.21. The highest BCUT2D eigenvalue weighted by atomic mass is 32.1. The molecule has 7 nitrogen and oxygen atoms in total. The van der Waals surface area contributed by atoms with Gasteiger partial charge < -0.3 is 20.5 Å². The Morgan fingerprint density at radius 1 is 1.28 bits per heavy atom. The third kappa shape index (κ3) is 5.14. The van der Waals surface area contributed by atoms with Crippen LogP contribution in [0.4, 0.5) is 5.00 Å². The summed E-state index contributed by atoms with van der Waals surface area (Å²) in [5.41, 5.74) is 7.86. The molecule has 1 aliphatic rings. The van der Waals surface area contributed by atoms with Crippen LogP contribution in [0.1, 0.15) is 46.1 Å². The molecule has 0 bridgehead atoms.